The van der Waals surface area contributed by atoms with Crippen LogP contribution in [0.4, 0.5) is 11.4 Å². The van der Waals surface area contributed by atoms with Gasteiger partial charge < -0.3 is 72.8 Å². The summed E-state index contributed by atoms with van der Waals surface area (Å²) in [5.74, 6) is -3.68. The van der Waals surface area contributed by atoms with Gasteiger partial charge in [0.05, 0.1) is 98.6 Å². The van der Waals surface area contributed by atoms with E-state index in [1.807, 2.05) is 45.2 Å². The minimum Gasteiger partial charge on any atom is -0.394 e. The molecule has 2 aromatic carbocycles. The van der Waals surface area contributed by atoms with E-state index in [0.717, 1.165) is 0 Å². The summed E-state index contributed by atoms with van der Waals surface area (Å²) in [6.07, 6.45) is -5.82. The van der Waals surface area contributed by atoms with Gasteiger partial charge in [0.1, 0.15) is 6.73 Å². The summed E-state index contributed by atoms with van der Waals surface area (Å²) in [5, 5.41) is 92.2. The third-order valence-corrected chi connectivity index (χ3v) is 13.6. The number of amides is 5. The van der Waals surface area contributed by atoms with Crippen molar-refractivity contribution in [3.63, 3.8) is 0 Å². The Bertz CT molecular complexity index is 1710. The molecular weight excluding hydrogens is 1410 g/mol. The highest BCUT2D eigenvalue weighted by molar-refractivity contribution is 14.1. The van der Waals surface area contributed by atoms with E-state index in [4.69, 9.17) is 15.3 Å². The molecule has 55 heavy (non-hydrogen) atoms. The smallest absolute Gasteiger partial charge is 0.253 e. The fourth-order valence-corrected chi connectivity index (χ4v) is 13.3. The van der Waals surface area contributed by atoms with Crippen LogP contribution in [-0.4, -0.2) is 148 Å². The minimum atomic E-state index is -1.47. The maximum Gasteiger partial charge on any atom is 0.253 e. The van der Waals surface area contributed by atoms with Crippen LogP contribution in [0.25, 0.3) is 0 Å². The van der Waals surface area contributed by atoms with E-state index in [1.54, 1.807) is 90.4 Å². The molecule has 0 bridgehead atoms. The summed E-state index contributed by atoms with van der Waals surface area (Å²) in [5.41, 5.74) is 0.227. The third-order valence-electron chi connectivity index (χ3n) is 7.11. The van der Waals surface area contributed by atoms with Gasteiger partial charge in [0.15, 0.2) is 0 Å². The molecule has 0 aliphatic carbocycles. The number of hydrogen-bond acceptors (Lipinski definition) is 14. The van der Waals surface area contributed by atoms with E-state index in [1.165, 1.54) is 0 Å². The molecule has 0 radical (unpaired) electrons. The highest BCUT2D eigenvalue weighted by Crippen LogP contribution is 2.37. The highest BCUT2D eigenvalue weighted by Gasteiger charge is 2.31. The molecule has 19 nitrogen and oxygen atoms in total. The first kappa shape index (κ1) is 50.8. The fraction of sp³-hybridized carbons (Fsp3) is 0.433. The van der Waals surface area contributed by atoms with Crippen molar-refractivity contribution in [1.82, 2.24) is 21.3 Å². The Hall–Kier alpha value is -0.350. The normalized spacial score (nSPS) is 13.3. The molecular formula is C30H36I6N6O13. The zero-order chi connectivity index (χ0) is 41.7. The van der Waals surface area contributed by atoms with Crippen LogP contribution in [0.15, 0.2) is 0 Å². The summed E-state index contributed by atoms with van der Waals surface area (Å²) >= 11 is 10.9. The zero-order valence-electron chi connectivity index (χ0n) is 28.1. The van der Waals surface area contributed by atoms with Crippen molar-refractivity contribution in [2.45, 2.75) is 30.8 Å². The van der Waals surface area contributed by atoms with Gasteiger partial charge >= 0.3 is 0 Å². The molecule has 5 amide bonds. The van der Waals surface area contributed by atoms with Gasteiger partial charge in [0, 0.05) is 33.3 Å². The van der Waals surface area contributed by atoms with Gasteiger partial charge in [0.25, 0.3) is 23.6 Å². The molecule has 0 saturated carbocycles. The van der Waals surface area contributed by atoms with Gasteiger partial charge in [-0.25, -0.2) is 0 Å². The van der Waals surface area contributed by atoms with Crippen LogP contribution < -0.4 is 31.9 Å². The van der Waals surface area contributed by atoms with E-state index in [2.05, 4.69) is 31.9 Å². The van der Waals surface area contributed by atoms with Crippen LogP contribution in [0, 0.1) is 21.4 Å². The van der Waals surface area contributed by atoms with Gasteiger partial charge in [-0.15, -0.1) is 0 Å². The minimum absolute atomic E-state index is 0.0136. The van der Waals surface area contributed by atoms with Crippen molar-refractivity contribution in [3.8, 4) is 0 Å². The van der Waals surface area contributed by atoms with Crippen LogP contribution in [0.2, 0.25) is 0 Å². The second kappa shape index (κ2) is 24.7. The van der Waals surface area contributed by atoms with Crippen LogP contribution in [0.1, 0.15) is 47.9 Å². The Kier molecular flexibility index (Phi) is 22.8. The molecule has 0 aromatic heterocycles. The average Bonchev–Trinajstić information content (AvgIpc) is 3.14. The van der Waals surface area contributed by atoms with Crippen molar-refractivity contribution in [3.05, 3.63) is 43.7 Å². The second-order valence-corrected chi connectivity index (χ2v) is 17.7. The summed E-state index contributed by atoms with van der Waals surface area (Å²) < 4.78 is 1.42. The first-order valence-corrected chi connectivity index (χ1v) is 22.1. The van der Waals surface area contributed by atoms with Crippen molar-refractivity contribution >= 4 is 176 Å². The molecule has 0 aliphatic rings. The SMILES string of the molecule is O=C(CC(O)CNC(=O)c1c(I)c(NCO)c(I)c(C(=O)NCC(O)CO)c1I)Nc1c(I)c(C(=O)NCC(O)CO)c(I)c(C(=O)NCC(O)CO)c1I. The lowest BCUT2D eigenvalue weighted by Gasteiger charge is -2.21. The molecule has 25 heteroatoms. The number of rotatable bonds is 20. The second-order valence-electron chi connectivity index (χ2n) is 11.2. The summed E-state index contributed by atoms with van der Waals surface area (Å²) in [6.45, 7) is -3.79. The van der Waals surface area contributed by atoms with Crippen molar-refractivity contribution < 1.29 is 64.8 Å². The highest BCUT2D eigenvalue weighted by atomic mass is 127. The van der Waals surface area contributed by atoms with Gasteiger partial charge in [-0.05, 0) is 136 Å². The average molecular weight is 1450 g/mol. The molecule has 4 unspecified atom stereocenters. The first-order valence-electron chi connectivity index (χ1n) is 15.6. The monoisotopic (exact) mass is 1450 g/mol. The van der Waals surface area contributed by atoms with E-state index in [0.29, 0.717) is 7.14 Å². The van der Waals surface area contributed by atoms with Crippen LogP contribution >= 0.6 is 136 Å². The molecule has 4 atom stereocenters. The number of carbonyl (C=O) groups is 5. The zero-order valence-corrected chi connectivity index (χ0v) is 41.0. The Labute approximate surface area is 395 Å². The predicted molar refractivity (Wildman–Crippen MR) is 248 cm³/mol. The van der Waals surface area contributed by atoms with Crippen LogP contribution in [-0.2, 0) is 4.79 Å². The molecule has 306 valence electrons. The van der Waals surface area contributed by atoms with E-state index < -0.39 is 93.5 Å². The van der Waals surface area contributed by atoms with Crippen molar-refractivity contribution in [2.24, 2.45) is 0 Å². The quantitative estimate of drug-likeness (QED) is 0.0562. The number of aliphatic hydroxyl groups is 8. The Morgan fingerprint density at radius 2 is 0.745 bits per heavy atom. The lowest BCUT2D eigenvalue weighted by Crippen LogP contribution is -2.38. The molecule has 0 heterocycles. The van der Waals surface area contributed by atoms with Gasteiger partial charge in [-0.1, -0.05) is 0 Å². The van der Waals surface area contributed by atoms with Gasteiger partial charge in [-0.2, -0.15) is 0 Å². The molecule has 2 aromatic rings. The molecule has 0 aliphatic heterocycles. The predicted octanol–water partition coefficient (Wildman–Crippen LogP) is -0.956. The Morgan fingerprint density at radius 3 is 1.04 bits per heavy atom. The molecule has 0 spiro atoms. The number of carbonyl (C=O) groups excluding carboxylic acids is 5. The number of halogens is 6. The molecule has 0 fully saturated rings. The van der Waals surface area contributed by atoms with Gasteiger partial charge in [-0.3, -0.25) is 24.0 Å². The summed E-state index contributed by atoms with van der Waals surface area (Å²) in [6, 6.07) is 0. The summed E-state index contributed by atoms with van der Waals surface area (Å²) in [4.78, 5) is 66.4. The lowest BCUT2D eigenvalue weighted by atomic mass is 10.1. The van der Waals surface area contributed by atoms with Crippen LogP contribution in [0.5, 0.6) is 0 Å². The number of nitrogens with one attached hydrogen (secondary N) is 6. The molecule has 2 rings (SSSR count). The fourth-order valence-electron chi connectivity index (χ4n) is 4.34. The van der Waals surface area contributed by atoms with Gasteiger partial charge in [0.2, 0.25) is 5.91 Å². The van der Waals surface area contributed by atoms with Crippen molar-refractivity contribution in [1.29, 1.82) is 0 Å². The number of anilines is 2. The van der Waals surface area contributed by atoms with E-state index in [-0.39, 0.29) is 67.5 Å². The topological polar surface area (TPSA) is 319 Å². The third kappa shape index (κ3) is 14.1. The number of hydrogen-bond donors (Lipinski definition) is 14. The number of aliphatic hydroxyl groups excluding tert-OH is 8. The van der Waals surface area contributed by atoms with Crippen molar-refractivity contribution in [2.75, 3.05) is 63.4 Å². The first-order chi connectivity index (χ1) is 25.9. The van der Waals surface area contributed by atoms with E-state index >= 15 is 0 Å². The molecule has 14 N–H and O–H groups in total. The largest absolute Gasteiger partial charge is 0.394 e. The Morgan fingerprint density at radius 1 is 0.455 bits per heavy atom. The summed E-state index contributed by atoms with van der Waals surface area (Å²) in [7, 11) is 0. The Balaban J connectivity index is 2.38. The maximum atomic E-state index is 13.5. The maximum absolute atomic E-state index is 13.5. The van der Waals surface area contributed by atoms with Crippen LogP contribution in [0.3, 0.4) is 0 Å². The standard InChI is InChI=1S/C30H36I6N6O13/c31-19-15(21(33)25(41-9-46)22(34)16(19)28(53)38-3-11(48)6-43)27(52)37-2-10(47)1-14(51)42-26-23(35)17(29(54)39-4-12(49)7-44)20(32)18(24(26)36)30(55)40-5-13(50)8-45/h10-13,41,43-50H,1-9H2,(H,37,52)(H,38,53)(H,39,54)(H,40,55)(H,42,51). The van der Waals surface area contributed by atoms with E-state index in [9.17, 15) is 49.5 Å². The number of benzene rings is 2. The lowest BCUT2D eigenvalue weighted by molar-refractivity contribution is -0.118. The molecule has 0 saturated heterocycles.